The van der Waals surface area contributed by atoms with E-state index < -0.39 is 6.10 Å². The molecule has 0 aliphatic carbocycles. The van der Waals surface area contributed by atoms with Crippen LogP contribution < -0.4 is 0 Å². The average Bonchev–Trinajstić information content (AvgIpc) is 3.41. The van der Waals surface area contributed by atoms with Gasteiger partial charge in [-0.25, -0.2) is 0 Å². The van der Waals surface area contributed by atoms with Crippen molar-refractivity contribution in [2.75, 3.05) is 13.2 Å². The van der Waals surface area contributed by atoms with Gasteiger partial charge in [0.25, 0.3) is 0 Å². The van der Waals surface area contributed by atoms with Gasteiger partial charge in [-0.1, -0.05) is 327 Å². The Morgan fingerprint density at radius 3 is 0.773 bits per heavy atom. The van der Waals surface area contributed by atoms with Crippen molar-refractivity contribution in [1.82, 2.24) is 0 Å². The lowest BCUT2D eigenvalue weighted by atomic mass is 10.0. The monoisotopic (exact) mass is 1050 g/mol. The molecule has 0 aromatic heterocycles. The van der Waals surface area contributed by atoms with Gasteiger partial charge >= 0.3 is 17.9 Å². The van der Waals surface area contributed by atoms with Crippen molar-refractivity contribution in [2.24, 2.45) is 0 Å². The van der Waals surface area contributed by atoms with Gasteiger partial charge in [-0.15, -0.1) is 0 Å². The molecule has 0 radical (unpaired) electrons. The van der Waals surface area contributed by atoms with E-state index >= 15 is 0 Å². The molecule has 0 aliphatic rings. The Balaban J connectivity index is 4.33. The Bertz CT molecular complexity index is 1250. The molecule has 440 valence electrons. The topological polar surface area (TPSA) is 78.9 Å². The maximum Gasteiger partial charge on any atom is 0.306 e. The fourth-order valence-electron chi connectivity index (χ4n) is 10.1. The van der Waals surface area contributed by atoms with Crippen molar-refractivity contribution in [1.29, 1.82) is 0 Å². The molecule has 0 aliphatic heterocycles. The predicted octanol–water partition coefficient (Wildman–Crippen LogP) is 22.8. The van der Waals surface area contributed by atoms with Crippen molar-refractivity contribution >= 4 is 17.9 Å². The van der Waals surface area contributed by atoms with Gasteiger partial charge in [0.05, 0.1) is 0 Å². The summed E-state index contributed by atoms with van der Waals surface area (Å²) in [5.74, 6) is -0.867. The van der Waals surface area contributed by atoms with Crippen LogP contribution in [0.2, 0.25) is 0 Å². The highest BCUT2D eigenvalue weighted by atomic mass is 16.6. The maximum atomic E-state index is 12.9. The number of carbonyl (C=O) groups excluding carboxylic acids is 3. The van der Waals surface area contributed by atoms with Crippen LogP contribution in [0.3, 0.4) is 0 Å². The molecular formula is C69H128O6. The lowest BCUT2D eigenvalue weighted by molar-refractivity contribution is -0.167. The molecule has 75 heavy (non-hydrogen) atoms. The molecule has 0 unspecified atom stereocenters. The van der Waals surface area contributed by atoms with Crippen LogP contribution in [0.4, 0.5) is 0 Å². The van der Waals surface area contributed by atoms with Crippen LogP contribution in [0.5, 0.6) is 0 Å². The summed E-state index contributed by atoms with van der Waals surface area (Å²) in [7, 11) is 0. The summed E-state index contributed by atoms with van der Waals surface area (Å²) in [6.45, 7) is 6.67. The second-order valence-corrected chi connectivity index (χ2v) is 22.7. The van der Waals surface area contributed by atoms with Crippen LogP contribution in [-0.4, -0.2) is 37.2 Å². The number of esters is 3. The van der Waals surface area contributed by atoms with Gasteiger partial charge in [0, 0.05) is 19.3 Å². The lowest BCUT2D eigenvalue weighted by Crippen LogP contribution is -2.30. The van der Waals surface area contributed by atoms with Gasteiger partial charge in [-0.05, 0) is 57.8 Å². The number of carbonyl (C=O) groups is 3. The molecule has 0 fully saturated rings. The Morgan fingerprint density at radius 1 is 0.267 bits per heavy atom. The first-order valence-electron chi connectivity index (χ1n) is 33.5. The van der Waals surface area contributed by atoms with Crippen LogP contribution in [-0.2, 0) is 28.6 Å². The van der Waals surface area contributed by atoms with Crippen molar-refractivity contribution in [3.05, 3.63) is 36.5 Å². The summed E-state index contributed by atoms with van der Waals surface area (Å²) in [5, 5.41) is 0. The second kappa shape index (κ2) is 64.2. The number of allylic oxidation sites excluding steroid dienone is 6. The van der Waals surface area contributed by atoms with Crippen LogP contribution in [0, 0.1) is 0 Å². The van der Waals surface area contributed by atoms with E-state index in [1.165, 1.54) is 244 Å². The normalized spacial score (nSPS) is 12.2. The molecule has 6 nitrogen and oxygen atoms in total. The Morgan fingerprint density at radius 2 is 0.480 bits per heavy atom. The van der Waals surface area contributed by atoms with Crippen molar-refractivity contribution in [2.45, 2.75) is 374 Å². The first kappa shape index (κ1) is 72.6. The summed E-state index contributed by atoms with van der Waals surface area (Å²) < 4.78 is 17.0. The molecule has 6 heteroatoms. The number of ether oxygens (including phenoxy) is 3. The Labute approximate surface area is 467 Å². The largest absolute Gasteiger partial charge is 0.462 e. The van der Waals surface area contributed by atoms with Gasteiger partial charge in [-0.2, -0.15) is 0 Å². The molecule has 0 heterocycles. The molecule has 0 aromatic carbocycles. The molecule has 0 saturated carbocycles. The van der Waals surface area contributed by atoms with E-state index in [-0.39, 0.29) is 31.1 Å². The summed E-state index contributed by atoms with van der Waals surface area (Å²) >= 11 is 0. The molecule has 0 amide bonds. The fraction of sp³-hybridized carbons (Fsp3) is 0.870. The van der Waals surface area contributed by atoms with E-state index in [2.05, 4.69) is 57.2 Å². The first-order chi connectivity index (χ1) is 37.0. The van der Waals surface area contributed by atoms with Gasteiger partial charge in [0.1, 0.15) is 13.2 Å². The summed E-state index contributed by atoms with van der Waals surface area (Å²) in [6.07, 6.45) is 78.7. The first-order valence-corrected chi connectivity index (χ1v) is 33.5. The highest BCUT2D eigenvalue weighted by molar-refractivity contribution is 5.71. The van der Waals surface area contributed by atoms with E-state index in [4.69, 9.17) is 14.2 Å². The minimum Gasteiger partial charge on any atom is -0.462 e. The second-order valence-electron chi connectivity index (χ2n) is 22.7. The smallest absolute Gasteiger partial charge is 0.306 e. The van der Waals surface area contributed by atoms with E-state index in [9.17, 15) is 14.4 Å². The van der Waals surface area contributed by atoms with Crippen LogP contribution >= 0.6 is 0 Å². The zero-order chi connectivity index (χ0) is 54.3. The Kier molecular flexibility index (Phi) is 62.1. The van der Waals surface area contributed by atoms with Gasteiger partial charge in [0.2, 0.25) is 0 Å². The number of unbranched alkanes of at least 4 members (excludes halogenated alkanes) is 45. The average molecular weight is 1050 g/mol. The van der Waals surface area contributed by atoms with Gasteiger partial charge in [0.15, 0.2) is 6.10 Å². The maximum absolute atomic E-state index is 12.9. The van der Waals surface area contributed by atoms with Gasteiger partial charge in [-0.3, -0.25) is 14.4 Å². The predicted molar refractivity (Wildman–Crippen MR) is 326 cm³/mol. The molecule has 1 atom stereocenters. The van der Waals surface area contributed by atoms with Crippen LogP contribution in [0.25, 0.3) is 0 Å². The zero-order valence-electron chi connectivity index (χ0n) is 50.6. The molecule has 0 spiro atoms. The highest BCUT2D eigenvalue weighted by Gasteiger charge is 2.19. The SMILES string of the molecule is CCCCC/C=C\C/C=C\C/C=C\CCCCCCC(=O)OC[C@H](COC(=O)CCCCCCCCCCCCCCCCCCCCC)OC(=O)CCCCCCCCCCCCCCCCCCCCCCC. The highest BCUT2D eigenvalue weighted by Crippen LogP contribution is 2.18. The Hall–Kier alpha value is -2.37. The van der Waals surface area contributed by atoms with E-state index in [0.29, 0.717) is 19.3 Å². The third-order valence-electron chi connectivity index (χ3n) is 15.1. The molecular weight excluding hydrogens is 925 g/mol. The van der Waals surface area contributed by atoms with Crippen LogP contribution in [0.15, 0.2) is 36.5 Å². The fourth-order valence-corrected chi connectivity index (χ4v) is 10.1. The number of rotatable bonds is 62. The van der Waals surface area contributed by atoms with E-state index in [0.717, 1.165) is 83.5 Å². The van der Waals surface area contributed by atoms with Crippen molar-refractivity contribution in [3.8, 4) is 0 Å². The van der Waals surface area contributed by atoms with E-state index in [1.54, 1.807) is 0 Å². The standard InChI is InChI=1S/C69H128O6/c1-4-7-10-13-16-19-22-25-28-31-33-34-36-39-42-45-48-51-54-57-60-63-69(72)75-66(64-73-67(70)61-58-55-52-49-46-43-40-37-30-27-24-21-18-15-12-9-6-3)65-74-68(71)62-59-56-53-50-47-44-41-38-35-32-29-26-23-20-17-14-11-8-5-2/h18,21,27,30,40,43,66H,4-17,19-20,22-26,28-29,31-39,41-42,44-65H2,1-3H3/b21-18-,30-27-,43-40-/t66-/m1/s1. The van der Waals surface area contributed by atoms with Gasteiger partial charge < -0.3 is 14.2 Å². The van der Waals surface area contributed by atoms with Crippen molar-refractivity contribution in [3.63, 3.8) is 0 Å². The minimum atomic E-state index is -0.779. The lowest BCUT2D eigenvalue weighted by Gasteiger charge is -2.18. The van der Waals surface area contributed by atoms with Crippen molar-refractivity contribution < 1.29 is 28.6 Å². The molecule has 0 rings (SSSR count). The molecule has 0 N–H and O–H groups in total. The zero-order valence-corrected chi connectivity index (χ0v) is 50.6. The quantitative estimate of drug-likeness (QED) is 0.0261. The summed E-state index contributed by atoms with van der Waals surface area (Å²) in [6, 6.07) is 0. The number of hydrogen-bond acceptors (Lipinski definition) is 6. The summed E-state index contributed by atoms with van der Waals surface area (Å²) in [5.41, 5.74) is 0. The van der Waals surface area contributed by atoms with E-state index in [1.807, 2.05) is 0 Å². The minimum absolute atomic E-state index is 0.0736. The van der Waals surface area contributed by atoms with Crippen LogP contribution in [0.1, 0.15) is 367 Å². The third kappa shape index (κ3) is 62.4. The molecule has 0 aromatic rings. The molecule has 0 bridgehead atoms. The number of hydrogen-bond donors (Lipinski definition) is 0. The molecule has 0 saturated heterocycles. The third-order valence-corrected chi connectivity index (χ3v) is 15.1. The summed E-state index contributed by atoms with van der Waals surface area (Å²) in [4.78, 5) is 38.4.